The molecule has 4 atom stereocenters. The Bertz CT molecular complexity index is 341. The molecule has 0 heterocycles. The molecule has 0 saturated heterocycles. The van der Waals surface area contributed by atoms with E-state index in [1.165, 1.54) is 24.8 Å². The van der Waals surface area contributed by atoms with Crippen LogP contribution in [0.25, 0.3) is 0 Å². The van der Waals surface area contributed by atoms with E-state index >= 15 is 0 Å². The number of hydrogen-bond acceptors (Lipinski definition) is 1. The van der Waals surface area contributed by atoms with Gasteiger partial charge in [-0.05, 0) is 14.1 Å². The molecular weight excluding hydrogens is 385 g/mol. The number of nitrogens with zero attached hydrogens (tertiary/aromatic N) is 1. The van der Waals surface area contributed by atoms with Gasteiger partial charge in [-0.1, -0.05) is 84.5 Å². The summed E-state index contributed by atoms with van der Waals surface area (Å²) in [6, 6.07) is 0. The zero-order chi connectivity index (χ0) is 17.3. The molecule has 0 radical (unpaired) electrons. The summed E-state index contributed by atoms with van der Waals surface area (Å²) in [7, 11) is 3.99. The Hall–Kier alpha value is 0.734. The van der Waals surface area contributed by atoms with Crippen LogP contribution in [0, 0.1) is 36.7 Å². The van der Waals surface area contributed by atoms with E-state index in [1.54, 1.807) is 5.57 Å². The molecule has 1 nitrogen and oxygen atoms in total. The van der Waals surface area contributed by atoms with Crippen LogP contribution in [0.1, 0.15) is 60.8 Å². The van der Waals surface area contributed by atoms with Gasteiger partial charge in [0.1, 0.15) is 0 Å². The maximum atomic E-state index is 3.78. The maximum absolute atomic E-state index is 3.78. The predicted molar refractivity (Wildman–Crippen MR) is 115 cm³/mol. The van der Waals surface area contributed by atoms with Crippen LogP contribution in [0.2, 0.25) is 0 Å². The minimum Gasteiger partial charge on any atom is -0.339 e. The van der Waals surface area contributed by atoms with Gasteiger partial charge in [0.2, 0.25) is 0 Å². The molecule has 0 bridgehead atoms. The summed E-state index contributed by atoms with van der Waals surface area (Å²) >= 11 is 0. The average Bonchev–Trinajstić information content (AvgIpc) is 2.98. The second kappa shape index (κ2) is 18.1. The molecule has 0 spiro atoms. The van der Waals surface area contributed by atoms with E-state index < -0.39 is 0 Å². The third kappa shape index (κ3) is 11.9. The summed E-state index contributed by atoms with van der Waals surface area (Å²) in [5.41, 5.74) is 3.11. The van der Waals surface area contributed by atoms with Gasteiger partial charge >= 0.3 is 21.7 Å². The van der Waals surface area contributed by atoms with Gasteiger partial charge in [0.05, 0.1) is 0 Å². The Kier molecular flexibility index (Phi) is 24.1. The van der Waals surface area contributed by atoms with E-state index in [2.05, 4.69) is 60.6 Å². The zero-order valence-corrected chi connectivity index (χ0v) is 20.9. The van der Waals surface area contributed by atoms with Crippen molar-refractivity contribution < 1.29 is 21.7 Å². The number of halogens is 2. The Balaban J connectivity index is -0.000000244. The summed E-state index contributed by atoms with van der Waals surface area (Å²) in [4.78, 5) is 2.01. The normalized spacial score (nSPS) is 19.0. The van der Waals surface area contributed by atoms with E-state index in [4.69, 9.17) is 0 Å². The van der Waals surface area contributed by atoms with Gasteiger partial charge in [-0.3, -0.25) is 6.08 Å². The van der Waals surface area contributed by atoms with Crippen LogP contribution in [0.5, 0.6) is 0 Å². The molecule has 1 aliphatic carbocycles. The first-order valence-corrected chi connectivity index (χ1v) is 9.11. The minimum atomic E-state index is 0. The Morgan fingerprint density at radius 1 is 1.00 bits per heavy atom. The first-order valence-electron chi connectivity index (χ1n) is 9.11. The maximum Gasteiger partial charge on any atom is 2.00 e. The summed E-state index contributed by atoms with van der Waals surface area (Å²) in [6.07, 6.45) is 9.99. The second-order valence-electron chi connectivity index (χ2n) is 7.01. The van der Waals surface area contributed by atoms with Crippen molar-refractivity contribution in [3.8, 4) is 0 Å². The van der Waals surface area contributed by atoms with Gasteiger partial charge in [0.15, 0.2) is 0 Å². The Labute approximate surface area is 186 Å². The quantitative estimate of drug-likeness (QED) is 0.326. The first kappa shape index (κ1) is 33.3. The Morgan fingerprint density at radius 3 is 1.76 bits per heavy atom. The van der Waals surface area contributed by atoms with Crippen molar-refractivity contribution in [3.63, 3.8) is 0 Å². The monoisotopic (exact) mass is 425 g/mol. The molecule has 4 heteroatoms. The van der Waals surface area contributed by atoms with Crippen molar-refractivity contribution in [2.24, 2.45) is 23.7 Å². The molecule has 25 heavy (non-hydrogen) atoms. The van der Waals surface area contributed by atoms with Crippen LogP contribution in [-0.4, -0.2) is 25.5 Å². The fourth-order valence-electron chi connectivity index (χ4n) is 2.43. The van der Waals surface area contributed by atoms with Crippen LogP contribution in [0.15, 0.2) is 17.2 Å². The van der Waals surface area contributed by atoms with Crippen LogP contribution in [0.3, 0.4) is 0 Å². The number of hydrogen-bond donors (Lipinski definition) is 0. The fraction of sp³-hybridized carbons (Fsp3) is 0.762. The van der Waals surface area contributed by atoms with E-state index in [-0.39, 0.29) is 46.5 Å². The molecule has 148 valence electrons. The second-order valence-corrected chi connectivity index (χ2v) is 7.01. The van der Waals surface area contributed by atoms with Crippen molar-refractivity contribution in [2.75, 3.05) is 20.6 Å². The van der Waals surface area contributed by atoms with Crippen molar-refractivity contribution in [3.05, 3.63) is 30.2 Å². The molecule has 0 amide bonds. The first-order chi connectivity index (χ1) is 10.3. The van der Waals surface area contributed by atoms with E-state index in [1.807, 2.05) is 19.0 Å². The molecular formula is C21H41Cl2NTi. The molecule has 0 N–H and O–H groups in total. The summed E-state index contributed by atoms with van der Waals surface area (Å²) in [5, 5.41) is 0. The van der Waals surface area contributed by atoms with Gasteiger partial charge in [-0.15, -0.1) is 31.4 Å². The molecule has 0 aromatic carbocycles. The molecule has 1 rings (SSSR count). The third-order valence-corrected chi connectivity index (χ3v) is 4.94. The van der Waals surface area contributed by atoms with Gasteiger partial charge in [-0.2, -0.15) is 11.6 Å². The fourth-order valence-corrected chi connectivity index (χ4v) is 2.43. The van der Waals surface area contributed by atoms with Gasteiger partial charge in [0.25, 0.3) is 0 Å². The molecule has 0 saturated carbocycles. The largest absolute Gasteiger partial charge is 2.00 e. The van der Waals surface area contributed by atoms with Gasteiger partial charge in [-0.25, -0.2) is 5.57 Å². The minimum absolute atomic E-state index is 0. The molecule has 4 unspecified atom stereocenters. The SMILES string of the molecule is CCC(C)C1=[C-]C(C(C)CC)C=C1C(C)CC.Cl.Cl.[CH2-]CN(C)C.[Ti+2]. The predicted octanol–water partition coefficient (Wildman–Crippen LogP) is 6.63. The van der Waals surface area contributed by atoms with Crippen molar-refractivity contribution in [2.45, 2.75) is 60.8 Å². The van der Waals surface area contributed by atoms with Crippen LogP contribution in [0.4, 0.5) is 0 Å². The molecule has 0 aromatic heterocycles. The molecule has 0 fully saturated rings. The van der Waals surface area contributed by atoms with Crippen LogP contribution < -0.4 is 0 Å². The van der Waals surface area contributed by atoms with E-state index in [0.29, 0.717) is 17.8 Å². The summed E-state index contributed by atoms with van der Waals surface area (Å²) < 4.78 is 0. The van der Waals surface area contributed by atoms with Gasteiger partial charge < -0.3 is 11.8 Å². The average molecular weight is 426 g/mol. The summed E-state index contributed by atoms with van der Waals surface area (Å²) in [6.45, 7) is 18.4. The smallest absolute Gasteiger partial charge is 0.339 e. The van der Waals surface area contributed by atoms with E-state index in [0.717, 1.165) is 12.5 Å². The Morgan fingerprint density at radius 2 is 1.44 bits per heavy atom. The third-order valence-electron chi connectivity index (χ3n) is 4.94. The number of allylic oxidation sites excluding steroid dienone is 4. The van der Waals surface area contributed by atoms with Gasteiger partial charge in [0, 0.05) is 0 Å². The number of rotatable bonds is 7. The molecule has 1 aliphatic rings. The molecule has 0 aromatic rings. The zero-order valence-electron chi connectivity index (χ0n) is 17.7. The summed E-state index contributed by atoms with van der Waals surface area (Å²) in [5.74, 6) is 2.66. The van der Waals surface area contributed by atoms with Crippen molar-refractivity contribution in [1.82, 2.24) is 4.90 Å². The van der Waals surface area contributed by atoms with Crippen molar-refractivity contribution >= 4 is 24.8 Å². The van der Waals surface area contributed by atoms with Crippen LogP contribution in [-0.2, 0) is 21.7 Å². The van der Waals surface area contributed by atoms with E-state index in [9.17, 15) is 0 Å². The molecule has 0 aliphatic heterocycles. The van der Waals surface area contributed by atoms with Crippen LogP contribution >= 0.6 is 24.8 Å². The standard InChI is InChI=1S/C17H29.C4H10N.2ClH.Ti/c1-7-12(4)15-10-16(13(5)8-2)17(11-15)14(6)9-3;1-4-5(2)3;;;/h10,12-15H,7-9H2,1-6H3;1,4H2,2-3H3;2*1H;/q2*-1;;;+2. The topological polar surface area (TPSA) is 3.24 Å². The van der Waals surface area contributed by atoms with Crippen molar-refractivity contribution in [1.29, 1.82) is 0 Å².